The van der Waals surface area contributed by atoms with Crippen LogP contribution in [-0.2, 0) is 4.74 Å². The minimum absolute atomic E-state index is 0.0886. The van der Waals surface area contributed by atoms with Crippen molar-refractivity contribution in [2.24, 2.45) is 11.8 Å². The first-order valence-electron chi connectivity index (χ1n) is 5.68. The van der Waals surface area contributed by atoms with Crippen LogP contribution >= 0.6 is 37.2 Å². The SMILES string of the molecule is CCC1OC(CO)C(O)C(C)CC1C.II. The second-order valence-electron chi connectivity index (χ2n) is 4.48. The van der Waals surface area contributed by atoms with E-state index in [0.717, 1.165) is 12.8 Å². The van der Waals surface area contributed by atoms with Crippen LogP contribution in [0.15, 0.2) is 0 Å². The van der Waals surface area contributed by atoms with E-state index in [0.29, 0.717) is 5.92 Å². The van der Waals surface area contributed by atoms with Crippen molar-refractivity contribution in [2.45, 2.75) is 51.9 Å². The maximum absolute atomic E-state index is 9.86. The molecule has 5 heteroatoms. The lowest BCUT2D eigenvalue weighted by Gasteiger charge is -2.24. The van der Waals surface area contributed by atoms with Gasteiger partial charge in [0.05, 0.1) is 18.8 Å². The van der Waals surface area contributed by atoms with Gasteiger partial charge in [-0.1, -0.05) is 20.8 Å². The Hall–Kier alpha value is 1.34. The summed E-state index contributed by atoms with van der Waals surface area (Å²) in [6.07, 6.45) is 1.15. The minimum Gasteiger partial charge on any atom is -0.394 e. The number of hydrogen-bond acceptors (Lipinski definition) is 3. The Morgan fingerprint density at radius 3 is 2.19 bits per heavy atom. The maximum atomic E-state index is 9.86. The van der Waals surface area contributed by atoms with E-state index in [-0.39, 0.29) is 18.6 Å². The van der Waals surface area contributed by atoms with Crippen LogP contribution in [-0.4, -0.2) is 35.1 Å². The molecule has 3 nitrogen and oxygen atoms in total. The first-order chi connectivity index (χ1) is 7.60. The number of aliphatic hydroxyl groups is 2. The van der Waals surface area contributed by atoms with Crippen molar-refractivity contribution in [3.63, 3.8) is 0 Å². The lowest BCUT2D eigenvalue weighted by Crippen LogP contribution is -2.36. The minimum atomic E-state index is -0.529. The number of rotatable bonds is 2. The zero-order valence-corrected chi connectivity index (χ0v) is 14.4. The summed E-state index contributed by atoms with van der Waals surface area (Å²) < 4.78 is 5.70. The summed E-state index contributed by atoms with van der Waals surface area (Å²) in [5.74, 6) is 0.667. The van der Waals surface area contributed by atoms with Crippen molar-refractivity contribution in [3.05, 3.63) is 0 Å². The van der Waals surface area contributed by atoms with Gasteiger partial charge in [0.1, 0.15) is 6.10 Å². The van der Waals surface area contributed by atoms with Crippen LogP contribution < -0.4 is 0 Å². The Labute approximate surface area is 122 Å². The normalized spacial score (nSPS) is 39.6. The molecule has 0 saturated carbocycles. The van der Waals surface area contributed by atoms with Gasteiger partial charge in [0, 0.05) is 37.2 Å². The average molecular weight is 456 g/mol. The van der Waals surface area contributed by atoms with Crippen LogP contribution in [0.2, 0.25) is 0 Å². The summed E-state index contributed by atoms with van der Waals surface area (Å²) in [7, 11) is 0. The van der Waals surface area contributed by atoms with E-state index in [1.54, 1.807) is 0 Å². The summed E-state index contributed by atoms with van der Waals surface area (Å²) in [4.78, 5) is 0. The zero-order chi connectivity index (χ0) is 12.7. The molecular weight excluding hydrogens is 434 g/mol. The van der Waals surface area contributed by atoms with Crippen LogP contribution in [0.5, 0.6) is 0 Å². The molecule has 2 N–H and O–H groups in total. The first kappa shape index (κ1) is 17.3. The third kappa shape index (κ3) is 4.91. The van der Waals surface area contributed by atoms with Crippen LogP contribution in [0.4, 0.5) is 0 Å². The van der Waals surface area contributed by atoms with Crippen molar-refractivity contribution in [1.29, 1.82) is 0 Å². The molecule has 0 spiro atoms. The molecule has 1 aliphatic heterocycles. The number of hydrogen-bond donors (Lipinski definition) is 2. The van der Waals surface area contributed by atoms with Gasteiger partial charge in [-0.05, 0) is 24.7 Å². The molecule has 0 aliphatic carbocycles. The second kappa shape index (κ2) is 9.29. The molecule has 1 saturated heterocycles. The summed E-state index contributed by atoms with van der Waals surface area (Å²) >= 11 is 4.24. The third-order valence-corrected chi connectivity index (χ3v) is 3.27. The van der Waals surface area contributed by atoms with Gasteiger partial charge in [0.25, 0.3) is 0 Å². The van der Waals surface area contributed by atoms with Crippen LogP contribution in [0, 0.1) is 11.8 Å². The highest BCUT2D eigenvalue weighted by molar-refractivity contribution is 15.0. The van der Waals surface area contributed by atoms with E-state index in [9.17, 15) is 5.11 Å². The summed E-state index contributed by atoms with van der Waals surface area (Å²) in [5, 5.41) is 19.0. The molecular formula is C11H22I2O3. The van der Waals surface area contributed by atoms with E-state index in [1.807, 2.05) is 6.92 Å². The van der Waals surface area contributed by atoms with Crippen molar-refractivity contribution in [1.82, 2.24) is 0 Å². The highest BCUT2D eigenvalue weighted by Crippen LogP contribution is 2.29. The molecule has 0 radical (unpaired) electrons. The van der Waals surface area contributed by atoms with Gasteiger partial charge in [-0.2, -0.15) is 0 Å². The molecule has 98 valence electrons. The maximum Gasteiger partial charge on any atom is 0.107 e. The molecule has 1 fully saturated rings. The topological polar surface area (TPSA) is 49.7 Å². The van der Waals surface area contributed by atoms with Gasteiger partial charge >= 0.3 is 0 Å². The average Bonchev–Trinajstić information content (AvgIpc) is 2.41. The summed E-state index contributed by atoms with van der Waals surface area (Å²) in [6.45, 7) is 6.16. The molecule has 0 aromatic carbocycles. The molecule has 1 aliphatic rings. The van der Waals surface area contributed by atoms with Crippen molar-refractivity contribution >= 4 is 37.2 Å². The predicted octanol–water partition coefficient (Wildman–Crippen LogP) is 2.95. The fourth-order valence-electron chi connectivity index (χ4n) is 2.33. The number of halogens is 2. The number of aliphatic hydroxyl groups excluding tert-OH is 2. The Balaban J connectivity index is 0.00000106. The van der Waals surface area contributed by atoms with Gasteiger partial charge in [-0.25, -0.2) is 0 Å². The van der Waals surface area contributed by atoms with Gasteiger partial charge < -0.3 is 14.9 Å². The quantitative estimate of drug-likeness (QED) is 0.629. The Morgan fingerprint density at radius 1 is 1.19 bits per heavy atom. The second-order valence-corrected chi connectivity index (χ2v) is 4.48. The predicted molar refractivity (Wildman–Crippen MR) is 83.0 cm³/mol. The largest absolute Gasteiger partial charge is 0.394 e. The molecule has 0 aromatic rings. The van der Waals surface area contributed by atoms with E-state index in [4.69, 9.17) is 9.84 Å². The molecule has 16 heavy (non-hydrogen) atoms. The molecule has 0 bridgehead atoms. The molecule has 0 amide bonds. The lowest BCUT2D eigenvalue weighted by molar-refractivity contribution is -0.103. The highest BCUT2D eigenvalue weighted by atomic mass is 128. The van der Waals surface area contributed by atoms with Gasteiger partial charge in [0.2, 0.25) is 0 Å². The van der Waals surface area contributed by atoms with Gasteiger partial charge in [0.15, 0.2) is 0 Å². The van der Waals surface area contributed by atoms with E-state index < -0.39 is 12.2 Å². The molecule has 5 unspecified atom stereocenters. The van der Waals surface area contributed by atoms with Crippen LogP contribution in [0.25, 0.3) is 0 Å². The van der Waals surface area contributed by atoms with Gasteiger partial charge in [-0.15, -0.1) is 0 Å². The Kier molecular flexibility index (Phi) is 10.1. The lowest BCUT2D eigenvalue weighted by atomic mass is 9.89. The summed E-state index contributed by atoms with van der Waals surface area (Å²) in [6, 6.07) is 0. The summed E-state index contributed by atoms with van der Waals surface area (Å²) in [5.41, 5.74) is 0. The first-order valence-corrected chi connectivity index (χ1v) is 12.0. The number of ether oxygens (including phenoxy) is 1. The Bertz CT molecular complexity index is 179. The van der Waals surface area contributed by atoms with Gasteiger partial charge in [-0.3, -0.25) is 0 Å². The van der Waals surface area contributed by atoms with Crippen molar-refractivity contribution < 1.29 is 14.9 Å². The standard InChI is InChI=1S/C11H22O3.I2/c1-4-9-7(2)5-8(3)11(13)10(6-12)14-9;1-2/h7-13H,4-6H2,1-3H3;. The Morgan fingerprint density at radius 2 is 1.75 bits per heavy atom. The monoisotopic (exact) mass is 456 g/mol. The van der Waals surface area contributed by atoms with E-state index >= 15 is 0 Å². The fraction of sp³-hybridized carbons (Fsp3) is 1.00. The molecule has 0 aromatic heterocycles. The third-order valence-electron chi connectivity index (χ3n) is 3.27. The van der Waals surface area contributed by atoms with Crippen molar-refractivity contribution in [3.8, 4) is 0 Å². The van der Waals surface area contributed by atoms with E-state index in [1.165, 1.54) is 0 Å². The highest BCUT2D eigenvalue weighted by Gasteiger charge is 2.34. The van der Waals surface area contributed by atoms with Crippen molar-refractivity contribution in [2.75, 3.05) is 6.61 Å². The fourth-order valence-corrected chi connectivity index (χ4v) is 2.33. The smallest absolute Gasteiger partial charge is 0.107 e. The molecule has 1 rings (SSSR count). The zero-order valence-electron chi connectivity index (χ0n) is 10.1. The van der Waals surface area contributed by atoms with Crippen LogP contribution in [0.3, 0.4) is 0 Å². The van der Waals surface area contributed by atoms with E-state index in [2.05, 4.69) is 51.1 Å². The molecule has 5 atom stereocenters. The van der Waals surface area contributed by atoms with Crippen LogP contribution in [0.1, 0.15) is 33.6 Å². The molecule has 1 heterocycles.